The van der Waals surface area contributed by atoms with E-state index < -0.39 is 6.23 Å². The van der Waals surface area contributed by atoms with Crippen LogP contribution in [0.1, 0.15) is 13.8 Å². The van der Waals surface area contributed by atoms with Crippen molar-refractivity contribution < 1.29 is 9.90 Å². The standard InChI is InChI=1S/C10H15N3O/c1-3-13(8(2)14)10-6-4-9(12-11)5-7-10/h4-8,10,14H,3H2,1-2H3. The molecule has 76 valence electrons. The predicted molar refractivity (Wildman–Crippen MR) is 54.8 cm³/mol. The van der Waals surface area contributed by atoms with Crippen molar-refractivity contribution in [3.63, 3.8) is 0 Å². The van der Waals surface area contributed by atoms with E-state index in [1.807, 2.05) is 24.0 Å². The fraction of sp³-hybridized carbons (Fsp3) is 0.500. The third-order valence-electron chi connectivity index (χ3n) is 2.27. The maximum Gasteiger partial charge on any atom is 0.314 e. The van der Waals surface area contributed by atoms with Crippen LogP contribution in [0.4, 0.5) is 0 Å². The fourth-order valence-electron chi connectivity index (χ4n) is 1.53. The summed E-state index contributed by atoms with van der Waals surface area (Å²) < 4.78 is 0. The number of likely N-dealkylation sites (N-methyl/N-ethyl adjacent to an activating group) is 1. The maximum atomic E-state index is 9.47. The van der Waals surface area contributed by atoms with Crippen LogP contribution in [0.3, 0.4) is 0 Å². The molecular weight excluding hydrogens is 178 g/mol. The van der Waals surface area contributed by atoms with Crippen LogP contribution >= 0.6 is 0 Å². The largest absolute Gasteiger partial charge is 0.379 e. The summed E-state index contributed by atoms with van der Waals surface area (Å²) in [6.07, 6.45) is 6.77. The van der Waals surface area contributed by atoms with Crippen molar-refractivity contribution in [2.45, 2.75) is 26.1 Å². The van der Waals surface area contributed by atoms with Crippen molar-refractivity contribution in [1.82, 2.24) is 4.90 Å². The van der Waals surface area contributed by atoms with Gasteiger partial charge in [-0.2, -0.15) is 4.79 Å². The Hall–Kier alpha value is -1.22. The maximum absolute atomic E-state index is 9.47. The molecule has 4 heteroatoms. The van der Waals surface area contributed by atoms with Crippen LogP contribution in [0, 0.1) is 0 Å². The van der Waals surface area contributed by atoms with E-state index in [2.05, 4.69) is 4.79 Å². The molecule has 0 fully saturated rings. The van der Waals surface area contributed by atoms with Gasteiger partial charge in [0.05, 0.1) is 0 Å². The zero-order chi connectivity index (χ0) is 10.6. The van der Waals surface area contributed by atoms with Gasteiger partial charge in [0.15, 0.2) is 0 Å². The van der Waals surface area contributed by atoms with Gasteiger partial charge in [0.25, 0.3) is 0 Å². The molecule has 1 aliphatic carbocycles. The molecule has 0 amide bonds. The molecule has 1 aliphatic rings. The van der Waals surface area contributed by atoms with Crippen LogP contribution < -0.4 is 0 Å². The second-order valence-electron chi connectivity index (χ2n) is 3.20. The summed E-state index contributed by atoms with van der Waals surface area (Å²) in [6, 6.07) is 0.0745. The highest BCUT2D eigenvalue weighted by atomic mass is 16.3. The summed E-state index contributed by atoms with van der Waals surface area (Å²) in [5, 5.41) is 9.47. The second-order valence-corrected chi connectivity index (χ2v) is 3.20. The Morgan fingerprint density at radius 3 is 2.50 bits per heavy atom. The van der Waals surface area contributed by atoms with Gasteiger partial charge in [-0.1, -0.05) is 19.1 Å². The molecule has 0 saturated heterocycles. The SMILES string of the molecule is CCN(C(C)O)C1C=CC(=[N+]=[N-])C=C1. The van der Waals surface area contributed by atoms with Gasteiger partial charge in [-0.3, -0.25) is 4.90 Å². The third kappa shape index (κ3) is 2.39. The lowest BCUT2D eigenvalue weighted by molar-refractivity contribution is -0.00291. The molecule has 0 bridgehead atoms. The first-order valence-corrected chi connectivity index (χ1v) is 4.71. The van der Waals surface area contributed by atoms with Gasteiger partial charge in [-0.15, -0.1) is 0 Å². The summed E-state index contributed by atoms with van der Waals surface area (Å²) in [5.74, 6) is 0. The third-order valence-corrected chi connectivity index (χ3v) is 2.27. The molecule has 0 aliphatic heterocycles. The highest BCUT2D eigenvalue weighted by molar-refractivity contribution is 6.00. The Morgan fingerprint density at radius 2 is 2.14 bits per heavy atom. The molecule has 14 heavy (non-hydrogen) atoms. The number of allylic oxidation sites excluding steroid dienone is 2. The average molecular weight is 193 g/mol. The Balaban J connectivity index is 2.73. The summed E-state index contributed by atoms with van der Waals surface area (Å²) in [4.78, 5) is 4.99. The minimum Gasteiger partial charge on any atom is -0.379 e. The van der Waals surface area contributed by atoms with Gasteiger partial charge in [-0.25, -0.2) is 0 Å². The van der Waals surface area contributed by atoms with E-state index >= 15 is 0 Å². The first-order chi connectivity index (χ1) is 6.69. The van der Waals surface area contributed by atoms with E-state index in [0.29, 0.717) is 5.71 Å². The smallest absolute Gasteiger partial charge is 0.314 e. The highest BCUT2D eigenvalue weighted by Gasteiger charge is 2.19. The molecule has 0 aromatic heterocycles. The summed E-state index contributed by atoms with van der Waals surface area (Å²) in [5.41, 5.74) is 9.04. The van der Waals surface area contributed by atoms with Gasteiger partial charge >= 0.3 is 5.71 Å². The molecule has 0 radical (unpaired) electrons. The average Bonchev–Trinajstić information content (AvgIpc) is 2.19. The Bertz CT molecular complexity index is 284. The minimum atomic E-state index is -0.480. The van der Waals surface area contributed by atoms with Crippen LogP contribution in [0.2, 0.25) is 0 Å². The number of aliphatic hydroxyl groups excluding tert-OH is 1. The van der Waals surface area contributed by atoms with Crippen LogP contribution in [-0.2, 0) is 0 Å². The molecule has 0 heterocycles. The lowest BCUT2D eigenvalue weighted by atomic mass is 10.1. The van der Waals surface area contributed by atoms with Gasteiger partial charge in [0.1, 0.15) is 6.23 Å². The van der Waals surface area contributed by atoms with Gasteiger partial charge in [-0.05, 0) is 13.5 Å². The van der Waals surface area contributed by atoms with Gasteiger partial charge in [0.2, 0.25) is 0 Å². The normalized spacial score (nSPS) is 22.6. The zero-order valence-corrected chi connectivity index (χ0v) is 8.46. The lowest BCUT2D eigenvalue weighted by Crippen LogP contribution is -2.40. The Morgan fingerprint density at radius 1 is 1.57 bits per heavy atom. The van der Waals surface area contributed by atoms with Crippen LogP contribution in [0.25, 0.3) is 5.53 Å². The van der Waals surface area contributed by atoms with E-state index in [4.69, 9.17) is 5.53 Å². The second kappa shape index (κ2) is 4.86. The van der Waals surface area contributed by atoms with Gasteiger partial charge < -0.3 is 10.6 Å². The van der Waals surface area contributed by atoms with Crippen molar-refractivity contribution in [3.8, 4) is 0 Å². The highest BCUT2D eigenvalue weighted by Crippen LogP contribution is 2.10. The molecule has 0 saturated carbocycles. The van der Waals surface area contributed by atoms with Crippen molar-refractivity contribution in [2.24, 2.45) is 0 Å². The quantitative estimate of drug-likeness (QED) is 0.409. The number of nitrogens with zero attached hydrogens (tertiary/aromatic N) is 3. The van der Waals surface area contributed by atoms with Crippen molar-refractivity contribution in [1.29, 1.82) is 0 Å². The van der Waals surface area contributed by atoms with E-state index in [1.54, 1.807) is 19.1 Å². The minimum absolute atomic E-state index is 0.0745. The summed E-state index contributed by atoms with van der Waals surface area (Å²) in [6.45, 7) is 4.49. The Kier molecular flexibility index (Phi) is 3.77. The van der Waals surface area contributed by atoms with Gasteiger partial charge in [0, 0.05) is 18.2 Å². The first kappa shape index (κ1) is 10.9. The number of hydrogen-bond acceptors (Lipinski definition) is 2. The zero-order valence-electron chi connectivity index (χ0n) is 8.46. The van der Waals surface area contributed by atoms with Crippen LogP contribution in [0.5, 0.6) is 0 Å². The van der Waals surface area contributed by atoms with E-state index in [9.17, 15) is 5.11 Å². The van der Waals surface area contributed by atoms with E-state index in [1.165, 1.54) is 0 Å². The van der Waals surface area contributed by atoms with Crippen molar-refractivity contribution in [2.75, 3.05) is 6.54 Å². The molecule has 0 aromatic rings. The van der Waals surface area contributed by atoms with E-state index in [0.717, 1.165) is 6.54 Å². The van der Waals surface area contributed by atoms with Crippen molar-refractivity contribution in [3.05, 3.63) is 29.8 Å². The van der Waals surface area contributed by atoms with Crippen molar-refractivity contribution >= 4 is 5.71 Å². The fourth-order valence-corrected chi connectivity index (χ4v) is 1.53. The molecule has 1 atom stereocenters. The topological polar surface area (TPSA) is 59.9 Å². The predicted octanol–water partition coefficient (Wildman–Crippen LogP) is 0.812. The van der Waals surface area contributed by atoms with Crippen LogP contribution in [-0.4, -0.2) is 39.3 Å². The van der Waals surface area contributed by atoms with Crippen LogP contribution in [0.15, 0.2) is 24.3 Å². The summed E-state index contributed by atoms with van der Waals surface area (Å²) in [7, 11) is 0. The monoisotopic (exact) mass is 193 g/mol. The molecule has 4 nitrogen and oxygen atoms in total. The lowest BCUT2D eigenvalue weighted by Gasteiger charge is -2.29. The molecule has 1 unspecified atom stereocenters. The number of aliphatic hydroxyl groups is 1. The molecule has 1 rings (SSSR count). The van der Waals surface area contributed by atoms with E-state index in [-0.39, 0.29) is 6.04 Å². The summed E-state index contributed by atoms with van der Waals surface area (Å²) >= 11 is 0. The molecule has 0 aromatic carbocycles. The number of hydrogen-bond donors (Lipinski definition) is 1. The molecule has 1 N–H and O–H groups in total. The molecular formula is C10H15N3O. The molecule has 0 spiro atoms. The number of rotatable bonds is 3. The Labute approximate surface area is 83.8 Å². The first-order valence-electron chi connectivity index (χ1n) is 4.71.